The van der Waals surface area contributed by atoms with Crippen molar-refractivity contribution in [2.75, 3.05) is 11.4 Å². The Morgan fingerprint density at radius 2 is 1.74 bits per heavy atom. The van der Waals surface area contributed by atoms with Crippen molar-refractivity contribution in [3.05, 3.63) is 36.0 Å². The second-order valence-electron chi connectivity index (χ2n) is 6.45. The maximum absolute atomic E-state index is 14.8. The summed E-state index contributed by atoms with van der Waals surface area (Å²) in [5.74, 6) is -0.695. The molecule has 0 aliphatic carbocycles. The Hall–Kier alpha value is -1.38. The zero-order valence-electron chi connectivity index (χ0n) is 14.0. The average molecular weight is 341 g/mol. The predicted molar refractivity (Wildman–Crippen MR) is 89.6 cm³/mol. The van der Waals surface area contributed by atoms with E-state index in [1.807, 2.05) is 27.7 Å². The summed E-state index contributed by atoms with van der Waals surface area (Å²) in [7, 11) is -3.42. The number of rotatable bonds is 4. The summed E-state index contributed by atoms with van der Waals surface area (Å²) in [5.41, 5.74) is -1.15. The minimum atomic E-state index is -3.78. The summed E-state index contributed by atoms with van der Waals surface area (Å²) in [4.78, 5) is 0. The van der Waals surface area contributed by atoms with Crippen LogP contribution in [0.4, 0.5) is 10.1 Å². The molecule has 1 aliphatic heterocycles. The van der Waals surface area contributed by atoms with Crippen LogP contribution in [0.25, 0.3) is 0 Å². The van der Waals surface area contributed by atoms with E-state index in [-0.39, 0.29) is 11.2 Å². The Labute approximate surface area is 137 Å². The number of anilines is 1. The van der Waals surface area contributed by atoms with E-state index < -0.39 is 34.2 Å². The first-order valence-electron chi connectivity index (χ1n) is 7.18. The molecule has 0 amide bonds. The molecule has 0 N–H and O–H groups in total. The molecule has 23 heavy (non-hydrogen) atoms. The van der Waals surface area contributed by atoms with E-state index in [4.69, 9.17) is 9.31 Å². The molecule has 1 heterocycles. The Morgan fingerprint density at radius 3 is 2.22 bits per heavy atom. The van der Waals surface area contributed by atoms with E-state index in [2.05, 4.69) is 6.58 Å². The molecule has 1 fully saturated rings. The van der Waals surface area contributed by atoms with Gasteiger partial charge < -0.3 is 9.31 Å². The van der Waals surface area contributed by atoms with Crippen LogP contribution in [-0.4, -0.2) is 33.8 Å². The number of nitrogens with zero attached hydrogens (tertiary/aromatic N) is 1. The van der Waals surface area contributed by atoms with Crippen molar-refractivity contribution < 1.29 is 22.1 Å². The van der Waals surface area contributed by atoms with Gasteiger partial charge in [-0.1, -0.05) is 18.7 Å². The summed E-state index contributed by atoms with van der Waals surface area (Å²) < 4.78 is 51.1. The lowest BCUT2D eigenvalue weighted by molar-refractivity contribution is 0.00578. The van der Waals surface area contributed by atoms with Crippen LogP contribution in [0.2, 0.25) is 0 Å². The van der Waals surface area contributed by atoms with Gasteiger partial charge in [0.25, 0.3) is 10.0 Å². The summed E-state index contributed by atoms with van der Waals surface area (Å²) in [6, 6.07) is 4.47. The van der Waals surface area contributed by atoms with Crippen molar-refractivity contribution in [1.82, 2.24) is 0 Å². The maximum Gasteiger partial charge on any atom is 0.497 e. The summed E-state index contributed by atoms with van der Waals surface area (Å²) >= 11 is 0. The summed E-state index contributed by atoms with van der Waals surface area (Å²) in [6.07, 6.45) is 0. The first-order valence-corrected chi connectivity index (χ1v) is 8.69. The van der Waals surface area contributed by atoms with Gasteiger partial charge in [-0.25, -0.2) is 12.8 Å². The Balaban J connectivity index is 2.45. The highest BCUT2D eigenvalue weighted by atomic mass is 32.2. The van der Waals surface area contributed by atoms with Crippen molar-refractivity contribution in [2.24, 2.45) is 0 Å². The molecule has 0 spiro atoms. The molecule has 1 saturated heterocycles. The normalized spacial score (nSPS) is 19.7. The van der Waals surface area contributed by atoms with Crippen LogP contribution in [0.5, 0.6) is 0 Å². The molecule has 5 nitrogen and oxygen atoms in total. The highest BCUT2D eigenvalue weighted by Crippen LogP contribution is 2.37. The summed E-state index contributed by atoms with van der Waals surface area (Å²) in [6.45, 7) is 10.7. The fraction of sp³-hybridized carbons (Fsp3) is 0.467. The van der Waals surface area contributed by atoms with Crippen LogP contribution >= 0.6 is 0 Å². The third-order valence-corrected chi connectivity index (χ3v) is 5.83. The SMILES string of the molecule is C=CS(=O)(=O)N(C)c1cccc(B2OC(C)(C)C(C)(C)O2)c1F. The van der Waals surface area contributed by atoms with Gasteiger partial charge in [0.05, 0.1) is 16.9 Å². The monoisotopic (exact) mass is 341 g/mol. The Kier molecular flexibility index (Phi) is 4.38. The van der Waals surface area contributed by atoms with Gasteiger partial charge in [-0.2, -0.15) is 0 Å². The maximum atomic E-state index is 14.8. The predicted octanol–water partition coefficient (Wildman–Crippen LogP) is 2.03. The molecule has 0 atom stereocenters. The zero-order chi connectivity index (χ0) is 17.6. The molecule has 0 aromatic heterocycles. The van der Waals surface area contributed by atoms with Crippen LogP contribution in [0.1, 0.15) is 27.7 Å². The van der Waals surface area contributed by atoms with Gasteiger partial charge in [0, 0.05) is 17.9 Å². The van der Waals surface area contributed by atoms with Crippen LogP contribution < -0.4 is 9.77 Å². The molecular weight excluding hydrogens is 320 g/mol. The molecule has 2 rings (SSSR count). The minimum Gasteiger partial charge on any atom is -0.399 e. The molecule has 1 aromatic rings. The lowest BCUT2D eigenvalue weighted by Gasteiger charge is -2.32. The highest BCUT2D eigenvalue weighted by molar-refractivity contribution is 7.95. The fourth-order valence-electron chi connectivity index (χ4n) is 2.18. The molecule has 0 saturated carbocycles. The second kappa shape index (κ2) is 5.61. The molecule has 126 valence electrons. The zero-order valence-corrected chi connectivity index (χ0v) is 14.8. The van der Waals surface area contributed by atoms with Crippen LogP contribution in [0.15, 0.2) is 30.2 Å². The number of benzene rings is 1. The van der Waals surface area contributed by atoms with Crippen LogP contribution in [0, 0.1) is 5.82 Å². The smallest absolute Gasteiger partial charge is 0.399 e. The van der Waals surface area contributed by atoms with Gasteiger partial charge in [0.15, 0.2) is 0 Å². The first-order chi connectivity index (χ1) is 10.4. The van der Waals surface area contributed by atoms with Crippen LogP contribution in [-0.2, 0) is 19.3 Å². The van der Waals surface area contributed by atoms with Gasteiger partial charge in [0.2, 0.25) is 0 Å². The van der Waals surface area contributed by atoms with Crippen molar-refractivity contribution >= 4 is 28.3 Å². The lowest BCUT2D eigenvalue weighted by atomic mass is 9.78. The lowest BCUT2D eigenvalue weighted by Crippen LogP contribution is -2.41. The molecule has 1 aromatic carbocycles. The second-order valence-corrected chi connectivity index (χ2v) is 8.36. The topological polar surface area (TPSA) is 55.8 Å². The van der Waals surface area contributed by atoms with Crippen molar-refractivity contribution in [2.45, 2.75) is 38.9 Å². The van der Waals surface area contributed by atoms with Crippen molar-refractivity contribution in [3.63, 3.8) is 0 Å². The molecule has 0 bridgehead atoms. The fourth-order valence-corrected chi connectivity index (χ4v) is 2.82. The van der Waals surface area contributed by atoms with Gasteiger partial charge in [0.1, 0.15) is 5.82 Å². The Morgan fingerprint density at radius 1 is 1.22 bits per heavy atom. The van der Waals surface area contributed by atoms with E-state index in [0.29, 0.717) is 0 Å². The number of halogens is 1. The number of sulfonamides is 1. The van der Waals surface area contributed by atoms with E-state index >= 15 is 0 Å². The average Bonchev–Trinajstić information content (AvgIpc) is 2.66. The molecule has 1 aliphatic rings. The first kappa shape index (κ1) is 18.0. The summed E-state index contributed by atoms with van der Waals surface area (Å²) in [5, 5.41) is 0.772. The van der Waals surface area contributed by atoms with E-state index in [1.165, 1.54) is 19.2 Å². The van der Waals surface area contributed by atoms with E-state index in [9.17, 15) is 12.8 Å². The number of hydrogen-bond donors (Lipinski definition) is 0. The van der Waals surface area contributed by atoms with E-state index in [1.54, 1.807) is 6.07 Å². The molecule has 8 heteroatoms. The molecule has 0 unspecified atom stereocenters. The van der Waals surface area contributed by atoms with Crippen molar-refractivity contribution in [1.29, 1.82) is 0 Å². The van der Waals surface area contributed by atoms with Gasteiger partial charge >= 0.3 is 7.12 Å². The number of hydrogen-bond acceptors (Lipinski definition) is 4. The quantitative estimate of drug-likeness (QED) is 0.787. The standard InChI is InChI=1S/C15H21BFNO4S/c1-7-23(19,20)18(6)12-10-8-9-11(13(12)17)16-21-14(2,3)15(4,5)22-16/h7-10H,1H2,2-6H3. The minimum absolute atomic E-state index is 0.0860. The van der Waals surface area contributed by atoms with Gasteiger partial charge in [-0.15, -0.1) is 0 Å². The van der Waals surface area contributed by atoms with E-state index in [0.717, 1.165) is 9.71 Å². The third kappa shape index (κ3) is 3.03. The Bertz CT molecular complexity index is 717. The van der Waals surface area contributed by atoms with Gasteiger partial charge in [-0.05, 0) is 33.8 Å². The van der Waals surface area contributed by atoms with Crippen molar-refractivity contribution in [3.8, 4) is 0 Å². The van der Waals surface area contributed by atoms with Crippen LogP contribution in [0.3, 0.4) is 0 Å². The third-order valence-electron chi connectivity index (χ3n) is 4.45. The molecular formula is C15H21BFNO4S. The molecule has 0 radical (unpaired) electrons. The largest absolute Gasteiger partial charge is 0.497 e. The van der Waals surface area contributed by atoms with Gasteiger partial charge in [-0.3, -0.25) is 4.31 Å². The highest BCUT2D eigenvalue weighted by Gasteiger charge is 2.52.